The average Bonchev–Trinajstić information content (AvgIpc) is 3.19. The molecular weight excluding hydrogens is 418 g/mol. The van der Waals surface area contributed by atoms with Crippen LogP contribution in [0.1, 0.15) is 36.8 Å². The maximum atomic E-state index is 12.3. The Morgan fingerprint density at radius 1 is 1.13 bits per heavy atom. The van der Waals surface area contributed by atoms with E-state index >= 15 is 0 Å². The van der Waals surface area contributed by atoms with Gasteiger partial charge in [-0.05, 0) is 44.2 Å². The highest BCUT2D eigenvalue weighted by molar-refractivity contribution is 7.88. The third kappa shape index (κ3) is 5.99. The van der Waals surface area contributed by atoms with Crippen molar-refractivity contribution >= 4 is 27.0 Å². The minimum absolute atomic E-state index is 0.0856. The number of para-hydroxylation sites is 1. The van der Waals surface area contributed by atoms with Gasteiger partial charge in [-0.25, -0.2) is 17.9 Å². The second-order valence-electron chi connectivity index (χ2n) is 7.08. The van der Waals surface area contributed by atoms with E-state index in [1.54, 1.807) is 24.3 Å². The van der Waals surface area contributed by atoms with Crippen molar-refractivity contribution in [3.05, 3.63) is 65.4 Å². The summed E-state index contributed by atoms with van der Waals surface area (Å²) in [6.45, 7) is 4.60. The lowest BCUT2D eigenvalue weighted by Crippen LogP contribution is -2.36. The molecule has 0 bridgehead atoms. The summed E-state index contributed by atoms with van der Waals surface area (Å²) < 4.78 is 37.0. The van der Waals surface area contributed by atoms with Crippen molar-refractivity contribution in [1.82, 2.24) is 15.4 Å². The molecule has 0 aliphatic rings. The molecule has 0 saturated carbocycles. The summed E-state index contributed by atoms with van der Waals surface area (Å²) in [5.74, 6) is 1.22. The Morgan fingerprint density at radius 3 is 2.52 bits per heavy atom. The normalized spacial score (nSPS) is 12.5. The molecular formula is C22H27N3O5S. The number of hydrogen-bond acceptors (Lipinski definition) is 5. The first-order valence-electron chi connectivity index (χ1n) is 10.00. The van der Waals surface area contributed by atoms with Crippen LogP contribution < -0.4 is 20.1 Å². The van der Waals surface area contributed by atoms with Gasteiger partial charge in [-0.2, -0.15) is 0 Å². The van der Waals surface area contributed by atoms with Crippen molar-refractivity contribution in [3.8, 4) is 5.75 Å². The lowest BCUT2D eigenvalue weighted by Gasteiger charge is -2.13. The van der Waals surface area contributed by atoms with Crippen LogP contribution in [0.25, 0.3) is 11.0 Å². The molecule has 2 aromatic carbocycles. The first kappa shape index (κ1) is 22.6. The van der Waals surface area contributed by atoms with Crippen molar-refractivity contribution in [2.45, 2.75) is 32.2 Å². The molecule has 3 N–H and O–H groups in total. The van der Waals surface area contributed by atoms with Crippen LogP contribution in [0.4, 0.5) is 4.79 Å². The Morgan fingerprint density at radius 2 is 1.84 bits per heavy atom. The Bertz CT molecular complexity index is 1140. The maximum Gasteiger partial charge on any atom is 0.315 e. The van der Waals surface area contributed by atoms with E-state index in [0.717, 1.165) is 10.9 Å². The number of carbonyl (C=O) groups is 1. The molecule has 1 heterocycles. The summed E-state index contributed by atoms with van der Waals surface area (Å²) in [6.07, 6.45) is 0. The summed E-state index contributed by atoms with van der Waals surface area (Å²) in [6, 6.07) is 13.9. The number of hydrogen-bond donors (Lipinski definition) is 3. The molecule has 1 aromatic heterocycles. The molecule has 8 nitrogen and oxygen atoms in total. The van der Waals surface area contributed by atoms with Crippen LogP contribution in [-0.2, 0) is 22.3 Å². The molecule has 3 rings (SSSR count). The summed E-state index contributed by atoms with van der Waals surface area (Å²) >= 11 is 0. The number of sulfonamides is 1. The minimum Gasteiger partial charge on any atom is -0.490 e. The van der Waals surface area contributed by atoms with E-state index in [0.29, 0.717) is 35.8 Å². The van der Waals surface area contributed by atoms with E-state index in [-0.39, 0.29) is 17.8 Å². The van der Waals surface area contributed by atoms with Gasteiger partial charge in [0.1, 0.15) is 5.76 Å². The molecule has 0 spiro atoms. The van der Waals surface area contributed by atoms with E-state index in [1.165, 1.54) is 7.05 Å². The topological polar surface area (TPSA) is 110 Å². The molecule has 0 radical (unpaired) electrons. The van der Waals surface area contributed by atoms with Gasteiger partial charge in [-0.1, -0.05) is 36.4 Å². The predicted octanol–water partition coefficient (Wildman–Crippen LogP) is 3.44. The summed E-state index contributed by atoms with van der Waals surface area (Å²) in [5, 5.41) is 6.57. The minimum atomic E-state index is -3.31. The van der Waals surface area contributed by atoms with Crippen LogP contribution in [0.3, 0.4) is 0 Å². The van der Waals surface area contributed by atoms with Gasteiger partial charge in [0, 0.05) is 11.9 Å². The third-order valence-electron chi connectivity index (χ3n) is 4.74. The Kier molecular flexibility index (Phi) is 7.19. The number of urea groups is 1. The van der Waals surface area contributed by atoms with E-state index in [9.17, 15) is 13.2 Å². The quantitative estimate of drug-likeness (QED) is 0.467. The van der Waals surface area contributed by atoms with Gasteiger partial charge in [0.2, 0.25) is 10.0 Å². The van der Waals surface area contributed by atoms with Crippen molar-refractivity contribution in [1.29, 1.82) is 0 Å². The zero-order valence-corrected chi connectivity index (χ0v) is 18.6. The van der Waals surface area contributed by atoms with Crippen molar-refractivity contribution in [2.24, 2.45) is 0 Å². The molecule has 1 atom stereocenters. The van der Waals surface area contributed by atoms with E-state index in [2.05, 4.69) is 15.4 Å². The number of nitrogens with one attached hydrogen (secondary N) is 3. The second kappa shape index (κ2) is 9.84. The SMILES string of the molecule is CCOc1cccc2cc(C(C)NC(=O)NCc3ccc(CS(=O)(=O)NC)cc3)oc12. The van der Waals surface area contributed by atoms with Crippen LogP contribution in [0.5, 0.6) is 5.75 Å². The fraction of sp³-hybridized carbons (Fsp3) is 0.318. The molecule has 31 heavy (non-hydrogen) atoms. The molecule has 1 unspecified atom stereocenters. The number of benzene rings is 2. The highest BCUT2D eigenvalue weighted by Gasteiger charge is 2.16. The largest absolute Gasteiger partial charge is 0.490 e. The zero-order valence-electron chi connectivity index (χ0n) is 17.8. The Labute approximate surface area is 182 Å². The van der Waals surface area contributed by atoms with Crippen LogP contribution in [-0.4, -0.2) is 28.1 Å². The first-order valence-corrected chi connectivity index (χ1v) is 11.6. The van der Waals surface area contributed by atoms with Gasteiger partial charge >= 0.3 is 6.03 Å². The highest BCUT2D eigenvalue weighted by atomic mass is 32.2. The number of ether oxygens (including phenoxy) is 1. The highest BCUT2D eigenvalue weighted by Crippen LogP contribution is 2.31. The fourth-order valence-corrected chi connectivity index (χ4v) is 3.86. The van der Waals surface area contributed by atoms with E-state index in [4.69, 9.17) is 9.15 Å². The number of rotatable bonds is 9. The molecule has 166 valence electrons. The van der Waals surface area contributed by atoms with E-state index < -0.39 is 10.0 Å². The molecule has 2 amide bonds. The predicted molar refractivity (Wildman–Crippen MR) is 119 cm³/mol. The molecule has 0 aliphatic heterocycles. The molecule has 9 heteroatoms. The van der Waals surface area contributed by atoms with Gasteiger partial charge in [0.15, 0.2) is 11.3 Å². The molecule has 0 saturated heterocycles. The smallest absolute Gasteiger partial charge is 0.315 e. The van der Waals surface area contributed by atoms with Crippen molar-refractivity contribution in [3.63, 3.8) is 0 Å². The maximum absolute atomic E-state index is 12.3. The van der Waals surface area contributed by atoms with Crippen molar-refractivity contribution in [2.75, 3.05) is 13.7 Å². The van der Waals surface area contributed by atoms with Crippen LogP contribution in [0, 0.1) is 0 Å². The summed E-state index contributed by atoms with van der Waals surface area (Å²) in [5.41, 5.74) is 2.19. The van der Waals surface area contributed by atoms with Gasteiger partial charge in [0.05, 0.1) is 18.4 Å². The van der Waals surface area contributed by atoms with Crippen molar-refractivity contribution < 1.29 is 22.4 Å². The number of fused-ring (bicyclic) bond motifs is 1. The van der Waals surface area contributed by atoms with Gasteiger partial charge < -0.3 is 19.8 Å². The molecule has 0 aliphatic carbocycles. The van der Waals surface area contributed by atoms with Gasteiger partial charge in [-0.3, -0.25) is 0 Å². The van der Waals surface area contributed by atoms with Crippen LogP contribution >= 0.6 is 0 Å². The average molecular weight is 446 g/mol. The zero-order chi connectivity index (χ0) is 22.4. The van der Waals surface area contributed by atoms with Crippen LogP contribution in [0.2, 0.25) is 0 Å². The molecule has 0 fully saturated rings. The fourth-order valence-electron chi connectivity index (χ4n) is 3.08. The first-order chi connectivity index (χ1) is 14.8. The standard InChI is InChI=1S/C22H27N3O5S/c1-4-29-19-7-5-6-18-12-20(30-21(18)19)15(2)25-22(26)24-13-16-8-10-17(11-9-16)14-31(27,28)23-3/h5-12,15,23H,4,13-14H2,1-3H3,(H2,24,25,26). The second-order valence-corrected chi connectivity index (χ2v) is 9.01. The third-order valence-corrected chi connectivity index (χ3v) is 6.08. The number of furan rings is 1. The van der Waals surface area contributed by atoms with Gasteiger partial charge in [-0.15, -0.1) is 0 Å². The van der Waals surface area contributed by atoms with E-state index in [1.807, 2.05) is 38.1 Å². The summed E-state index contributed by atoms with van der Waals surface area (Å²) in [7, 11) is -1.93. The number of amides is 2. The van der Waals surface area contributed by atoms with Gasteiger partial charge in [0.25, 0.3) is 0 Å². The summed E-state index contributed by atoms with van der Waals surface area (Å²) in [4.78, 5) is 12.3. The lowest BCUT2D eigenvalue weighted by atomic mass is 10.1. The van der Waals surface area contributed by atoms with Crippen LogP contribution in [0.15, 0.2) is 52.9 Å². The Hall–Kier alpha value is -3.04. The monoisotopic (exact) mass is 445 g/mol. The number of carbonyl (C=O) groups excluding carboxylic acids is 1. The Balaban J connectivity index is 1.56. The molecule has 3 aromatic rings. The lowest BCUT2D eigenvalue weighted by molar-refractivity contribution is 0.236.